The molecule has 0 spiro atoms. The summed E-state index contributed by atoms with van der Waals surface area (Å²) in [6.07, 6.45) is -3.77. The van der Waals surface area contributed by atoms with Crippen molar-refractivity contribution in [2.24, 2.45) is 0 Å². The van der Waals surface area contributed by atoms with Gasteiger partial charge in [0, 0.05) is 11.3 Å². The Morgan fingerprint density at radius 1 is 1.15 bits per heavy atom. The zero-order chi connectivity index (χ0) is 28.4. The normalized spacial score (nSPS) is 18.1. The highest BCUT2D eigenvalue weighted by atomic mass is 35.5. The summed E-state index contributed by atoms with van der Waals surface area (Å²) in [5.41, 5.74) is 1.60. The maximum Gasteiger partial charge on any atom is 0.390 e. The van der Waals surface area contributed by atoms with Gasteiger partial charge in [0.25, 0.3) is 5.91 Å². The summed E-state index contributed by atoms with van der Waals surface area (Å²) >= 11 is 6.44. The quantitative estimate of drug-likeness (QED) is 0.352. The van der Waals surface area contributed by atoms with Gasteiger partial charge in [-0.15, -0.1) is 0 Å². The van der Waals surface area contributed by atoms with E-state index in [2.05, 4.69) is 10.3 Å². The Balaban J connectivity index is 1.67. The van der Waals surface area contributed by atoms with Gasteiger partial charge >= 0.3 is 16.3 Å². The molecule has 0 radical (unpaired) electrons. The maximum atomic E-state index is 13.2. The monoisotopic (exact) mass is 585 g/mol. The van der Waals surface area contributed by atoms with Crippen molar-refractivity contribution in [3.63, 3.8) is 0 Å². The molecule has 13 heteroatoms. The second kappa shape index (κ2) is 11.6. The molecule has 1 aliphatic carbocycles. The van der Waals surface area contributed by atoms with Crippen LogP contribution in [0, 0.1) is 6.92 Å². The Bertz CT molecular complexity index is 1440. The minimum absolute atomic E-state index is 0.123. The van der Waals surface area contributed by atoms with E-state index in [0.29, 0.717) is 40.6 Å². The number of amides is 1. The summed E-state index contributed by atoms with van der Waals surface area (Å²) in [7, 11) is -4.47. The number of alkyl halides is 3. The van der Waals surface area contributed by atoms with Gasteiger partial charge in [-0.2, -0.15) is 21.6 Å². The third kappa shape index (κ3) is 7.11. The number of imidazole rings is 1. The van der Waals surface area contributed by atoms with Crippen LogP contribution in [0.2, 0.25) is 5.02 Å². The van der Waals surface area contributed by atoms with Crippen LogP contribution in [0.1, 0.15) is 48.3 Å². The van der Waals surface area contributed by atoms with E-state index in [4.69, 9.17) is 15.8 Å². The van der Waals surface area contributed by atoms with Crippen molar-refractivity contribution >= 4 is 27.6 Å². The number of aromatic nitrogens is 2. The Labute approximate surface area is 228 Å². The number of halogens is 4. The minimum atomic E-state index is -4.63. The lowest BCUT2D eigenvalue weighted by molar-refractivity contribution is -0.130. The number of rotatable bonds is 8. The van der Waals surface area contributed by atoms with Crippen molar-refractivity contribution in [2.45, 2.75) is 57.3 Å². The molecule has 2 N–H and O–H groups in total. The number of nitrogens with one attached hydrogen (secondary N) is 1. The molecule has 2 atom stereocenters. The number of hydrogen-bond donors (Lipinski definition) is 2. The third-order valence-electron chi connectivity index (χ3n) is 6.44. The number of benzene rings is 2. The van der Waals surface area contributed by atoms with Crippen LogP contribution in [0.5, 0.6) is 5.75 Å². The van der Waals surface area contributed by atoms with Gasteiger partial charge in [0.05, 0.1) is 35.0 Å². The molecule has 4 rings (SSSR count). The summed E-state index contributed by atoms with van der Waals surface area (Å²) in [5.74, 6) is -1.48. The van der Waals surface area contributed by atoms with Crippen molar-refractivity contribution in [3.8, 4) is 22.8 Å². The van der Waals surface area contributed by atoms with Crippen LogP contribution < -0.4 is 9.50 Å². The topological polar surface area (TPSA) is 111 Å². The molecule has 0 saturated heterocycles. The summed E-state index contributed by atoms with van der Waals surface area (Å²) in [4.78, 5) is 17.8. The van der Waals surface area contributed by atoms with Gasteiger partial charge < -0.3 is 14.6 Å². The van der Waals surface area contributed by atoms with Crippen LogP contribution in [0.4, 0.5) is 13.2 Å². The first-order chi connectivity index (χ1) is 18.3. The number of carbonyl (C=O) groups is 1. The molecule has 0 aliphatic heterocycles. The molecule has 0 bridgehead atoms. The second-order valence-electron chi connectivity index (χ2n) is 9.32. The van der Waals surface area contributed by atoms with Crippen molar-refractivity contribution in [1.29, 1.82) is 0 Å². The summed E-state index contributed by atoms with van der Waals surface area (Å²) in [6, 6.07) is 12.1. The molecule has 1 heterocycles. The number of nitrogens with zero attached hydrogens (tertiary/aromatic N) is 2. The van der Waals surface area contributed by atoms with E-state index in [9.17, 15) is 31.5 Å². The zero-order valence-electron chi connectivity index (χ0n) is 20.9. The Hall–Kier alpha value is -3.09. The van der Waals surface area contributed by atoms with E-state index in [1.807, 2.05) is 0 Å². The van der Waals surface area contributed by atoms with E-state index in [1.54, 1.807) is 35.8 Å². The fourth-order valence-corrected chi connectivity index (χ4v) is 5.64. The van der Waals surface area contributed by atoms with Gasteiger partial charge in [-0.3, -0.25) is 9.36 Å². The number of aliphatic hydroxyl groups is 1. The molecular weight excluding hydrogens is 559 g/mol. The van der Waals surface area contributed by atoms with Crippen molar-refractivity contribution in [2.75, 3.05) is 5.75 Å². The minimum Gasteiger partial charge on any atom is -0.391 e. The second-order valence-corrected chi connectivity index (χ2v) is 11.4. The number of aliphatic hydroxyl groups excluding tert-OH is 1. The molecule has 39 heavy (non-hydrogen) atoms. The van der Waals surface area contributed by atoms with Crippen LogP contribution in [0.25, 0.3) is 17.1 Å². The maximum absolute atomic E-state index is 13.2. The van der Waals surface area contributed by atoms with E-state index in [0.717, 1.165) is 12.8 Å². The molecule has 1 saturated carbocycles. The molecule has 2 unspecified atom stereocenters. The van der Waals surface area contributed by atoms with Crippen molar-refractivity contribution in [1.82, 2.24) is 14.9 Å². The largest absolute Gasteiger partial charge is 0.391 e. The highest BCUT2D eigenvalue weighted by molar-refractivity contribution is 7.87. The molecule has 1 fully saturated rings. The lowest BCUT2D eigenvalue weighted by Gasteiger charge is -2.28. The molecule has 210 valence electrons. The van der Waals surface area contributed by atoms with Gasteiger partial charge in [-0.1, -0.05) is 36.6 Å². The molecule has 1 amide bonds. The van der Waals surface area contributed by atoms with Crippen LogP contribution >= 0.6 is 11.6 Å². The standard InChI is InChI=1S/C26H27ClF3N3O5S/c1-16-23(25(35)31-21-8-4-5-9-22(21)34)32-24(19-6-2-3-7-20(19)27)33(16)17-10-12-18(13-11-17)38-39(36,37)15-14-26(28,29)30/h2-3,6-7,10-13,21-22,34H,4-5,8-9,14-15H2,1H3,(H,31,35). The van der Waals surface area contributed by atoms with E-state index >= 15 is 0 Å². The predicted molar refractivity (Wildman–Crippen MR) is 140 cm³/mol. The van der Waals surface area contributed by atoms with Gasteiger partial charge in [0.15, 0.2) is 0 Å². The van der Waals surface area contributed by atoms with Crippen molar-refractivity contribution < 1.29 is 35.7 Å². The van der Waals surface area contributed by atoms with Crippen LogP contribution in [-0.2, 0) is 10.1 Å². The molecule has 2 aromatic carbocycles. The summed E-state index contributed by atoms with van der Waals surface area (Å²) in [5, 5.41) is 13.6. The number of hydrogen-bond acceptors (Lipinski definition) is 6. The lowest BCUT2D eigenvalue weighted by atomic mass is 9.92. The van der Waals surface area contributed by atoms with Crippen LogP contribution in [0.15, 0.2) is 48.5 Å². The highest BCUT2D eigenvalue weighted by Gasteiger charge is 2.31. The fraction of sp³-hybridized carbons (Fsp3) is 0.385. The van der Waals surface area contributed by atoms with Crippen LogP contribution in [-0.4, -0.2) is 53.1 Å². The first kappa shape index (κ1) is 28.9. The molecule has 1 aliphatic rings. The first-order valence-corrected chi connectivity index (χ1v) is 14.2. The van der Waals surface area contributed by atoms with Gasteiger partial charge in [-0.05, 0) is 56.2 Å². The lowest BCUT2D eigenvalue weighted by Crippen LogP contribution is -2.45. The van der Waals surface area contributed by atoms with Crippen LogP contribution in [0.3, 0.4) is 0 Å². The molecule has 3 aromatic rings. The predicted octanol–water partition coefficient (Wildman–Crippen LogP) is 5.20. The smallest absolute Gasteiger partial charge is 0.390 e. The average molecular weight is 586 g/mol. The van der Waals surface area contributed by atoms with E-state index in [1.165, 1.54) is 24.3 Å². The highest BCUT2D eigenvalue weighted by Crippen LogP contribution is 2.32. The Kier molecular flexibility index (Phi) is 8.57. The fourth-order valence-electron chi connectivity index (χ4n) is 4.45. The Morgan fingerprint density at radius 3 is 2.46 bits per heavy atom. The van der Waals surface area contributed by atoms with E-state index in [-0.39, 0.29) is 11.4 Å². The molecule has 1 aromatic heterocycles. The van der Waals surface area contributed by atoms with Crippen molar-refractivity contribution in [3.05, 3.63) is 64.9 Å². The first-order valence-electron chi connectivity index (χ1n) is 12.3. The number of carbonyl (C=O) groups excluding carboxylic acids is 1. The van der Waals surface area contributed by atoms with Gasteiger partial charge in [-0.25, -0.2) is 4.98 Å². The van der Waals surface area contributed by atoms with Gasteiger partial charge in [0.1, 0.15) is 17.3 Å². The Morgan fingerprint density at radius 2 is 1.82 bits per heavy atom. The molecule has 8 nitrogen and oxygen atoms in total. The zero-order valence-corrected chi connectivity index (χ0v) is 22.5. The SMILES string of the molecule is Cc1c(C(=O)NC2CCCCC2O)nc(-c2ccccc2Cl)n1-c1ccc(OS(=O)(=O)CCC(F)(F)F)cc1. The van der Waals surface area contributed by atoms with E-state index < -0.39 is 46.5 Å². The third-order valence-corrected chi connectivity index (χ3v) is 7.92. The van der Waals surface area contributed by atoms with Gasteiger partial charge in [0.2, 0.25) is 0 Å². The summed E-state index contributed by atoms with van der Waals surface area (Å²) in [6.45, 7) is 1.69. The summed E-state index contributed by atoms with van der Waals surface area (Å²) < 4.78 is 67.8. The average Bonchev–Trinajstić information content (AvgIpc) is 3.21. The molecular formula is C26H27ClF3N3O5S.